The summed E-state index contributed by atoms with van der Waals surface area (Å²) in [6.45, 7) is 3.92. The van der Waals surface area contributed by atoms with Gasteiger partial charge in [0.05, 0.1) is 23.0 Å². The Morgan fingerprint density at radius 1 is 1.00 bits per heavy atom. The molecule has 0 bridgehead atoms. The molecule has 3 heterocycles. The first-order chi connectivity index (χ1) is 12.6. The van der Waals surface area contributed by atoms with Crippen molar-refractivity contribution in [1.29, 1.82) is 0 Å². The van der Waals surface area contributed by atoms with E-state index in [0.717, 1.165) is 0 Å². The van der Waals surface area contributed by atoms with Crippen LogP contribution in [0.15, 0.2) is 55.1 Å². The van der Waals surface area contributed by atoms with Crippen LogP contribution in [0.2, 0.25) is 0 Å². The minimum Gasteiger partial charge on any atom is -0.267 e. The number of rotatable bonds is 4. The van der Waals surface area contributed by atoms with E-state index in [1.807, 2.05) is 32.0 Å². The maximum Gasteiger partial charge on any atom is 0.273 e. The maximum absolute atomic E-state index is 12.5. The van der Waals surface area contributed by atoms with Gasteiger partial charge < -0.3 is 0 Å². The number of hydrogen-bond donors (Lipinski definition) is 2. The average Bonchev–Trinajstić information content (AvgIpc) is 3.13. The fraction of sp³-hybridized carbons (Fsp3) is 0.167. The number of pyridine rings is 2. The summed E-state index contributed by atoms with van der Waals surface area (Å²) in [5.41, 5.74) is 6.22. The predicted octanol–water partition coefficient (Wildman–Crippen LogP) is 1.86. The van der Waals surface area contributed by atoms with Crippen molar-refractivity contribution in [2.45, 2.75) is 19.8 Å². The quantitative estimate of drug-likeness (QED) is 0.699. The van der Waals surface area contributed by atoms with Gasteiger partial charge in [0.1, 0.15) is 0 Å². The van der Waals surface area contributed by atoms with Crippen LogP contribution in [-0.2, 0) is 0 Å². The molecule has 132 valence electrons. The van der Waals surface area contributed by atoms with Crippen LogP contribution in [0.3, 0.4) is 0 Å². The summed E-state index contributed by atoms with van der Waals surface area (Å²) in [6, 6.07) is 8.72. The largest absolute Gasteiger partial charge is 0.273 e. The van der Waals surface area contributed by atoms with Crippen molar-refractivity contribution >= 4 is 11.8 Å². The van der Waals surface area contributed by atoms with Gasteiger partial charge in [-0.1, -0.05) is 19.9 Å². The molecule has 0 saturated heterocycles. The van der Waals surface area contributed by atoms with E-state index >= 15 is 0 Å². The number of hydrazine groups is 1. The number of aromatic nitrogens is 4. The second kappa shape index (κ2) is 7.56. The summed E-state index contributed by atoms with van der Waals surface area (Å²) in [5.74, 6) is -0.258. The predicted molar refractivity (Wildman–Crippen MR) is 94.6 cm³/mol. The zero-order valence-electron chi connectivity index (χ0n) is 14.4. The summed E-state index contributed by atoms with van der Waals surface area (Å²) in [6.07, 6.45) is 6.11. The average molecular weight is 350 g/mol. The smallest absolute Gasteiger partial charge is 0.267 e. The molecule has 3 aromatic rings. The molecule has 0 atom stereocenters. The van der Waals surface area contributed by atoms with Gasteiger partial charge in [-0.15, -0.1) is 0 Å². The van der Waals surface area contributed by atoms with Gasteiger partial charge in [0.25, 0.3) is 11.8 Å². The highest BCUT2D eigenvalue weighted by Gasteiger charge is 2.21. The first-order valence-corrected chi connectivity index (χ1v) is 8.08. The van der Waals surface area contributed by atoms with Gasteiger partial charge in [0, 0.05) is 18.6 Å². The van der Waals surface area contributed by atoms with Gasteiger partial charge in [-0.3, -0.25) is 25.4 Å². The normalized spacial score (nSPS) is 10.6. The Morgan fingerprint density at radius 3 is 2.46 bits per heavy atom. The van der Waals surface area contributed by atoms with E-state index in [4.69, 9.17) is 0 Å². The number of carbonyl (C=O) groups excluding carboxylic acids is 2. The lowest BCUT2D eigenvalue weighted by atomic mass is 10.1. The Hall–Kier alpha value is -3.55. The molecule has 8 nitrogen and oxygen atoms in total. The molecule has 0 aromatic carbocycles. The SMILES string of the molecule is CC(C)c1c(C(=O)NNC(=O)c2cccnc2)cnn1-c1ccccn1. The molecule has 0 spiro atoms. The van der Waals surface area contributed by atoms with Crippen LogP contribution in [0.5, 0.6) is 0 Å². The highest BCUT2D eigenvalue weighted by Crippen LogP contribution is 2.22. The van der Waals surface area contributed by atoms with Crippen LogP contribution in [0.25, 0.3) is 5.82 Å². The lowest BCUT2D eigenvalue weighted by molar-refractivity contribution is 0.0845. The molecule has 26 heavy (non-hydrogen) atoms. The first kappa shape index (κ1) is 17.3. The van der Waals surface area contributed by atoms with E-state index in [1.54, 1.807) is 29.2 Å². The van der Waals surface area contributed by atoms with Crippen molar-refractivity contribution in [2.75, 3.05) is 0 Å². The third kappa shape index (κ3) is 3.59. The number of nitrogens with one attached hydrogen (secondary N) is 2. The minimum absolute atomic E-state index is 0.0225. The van der Waals surface area contributed by atoms with Crippen molar-refractivity contribution in [3.63, 3.8) is 0 Å². The molecule has 0 fully saturated rings. The van der Waals surface area contributed by atoms with E-state index in [9.17, 15) is 9.59 Å². The minimum atomic E-state index is -0.451. The summed E-state index contributed by atoms with van der Waals surface area (Å²) in [7, 11) is 0. The number of hydrogen-bond acceptors (Lipinski definition) is 5. The van der Waals surface area contributed by atoms with Gasteiger partial charge in [0.15, 0.2) is 5.82 Å². The Labute approximate surface area is 150 Å². The van der Waals surface area contributed by atoms with Gasteiger partial charge in [0.2, 0.25) is 0 Å². The zero-order valence-corrected chi connectivity index (χ0v) is 14.4. The molecular formula is C18H18N6O2. The van der Waals surface area contributed by atoms with Crippen molar-refractivity contribution in [2.24, 2.45) is 0 Å². The van der Waals surface area contributed by atoms with Crippen molar-refractivity contribution in [3.8, 4) is 5.82 Å². The molecule has 8 heteroatoms. The van der Waals surface area contributed by atoms with E-state index in [0.29, 0.717) is 22.6 Å². The molecule has 2 amide bonds. The molecule has 0 aliphatic carbocycles. The van der Waals surface area contributed by atoms with E-state index in [2.05, 4.69) is 25.9 Å². The van der Waals surface area contributed by atoms with E-state index in [-0.39, 0.29) is 5.92 Å². The zero-order chi connectivity index (χ0) is 18.5. The fourth-order valence-electron chi connectivity index (χ4n) is 2.50. The topological polar surface area (TPSA) is 102 Å². The molecule has 0 unspecified atom stereocenters. The molecule has 2 N–H and O–H groups in total. The third-order valence-corrected chi connectivity index (χ3v) is 3.68. The van der Waals surface area contributed by atoms with Gasteiger partial charge in [-0.25, -0.2) is 9.67 Å². The molecular weight excluding hydrogens is 332 g/mol. The van der Waals surface area contributed by atoms with Crippen LogP contribution >= 0.6 is 0 Å². The third-order valence-electron chi connectivity index (χ3n) is 3.68. The fourth-order valence-corrected chi connectivity index (χ4v) is 2.50. The van der Waals surface area contributed by atoms with Crippen LogP contribution in [0, 0.1) is 0 Å². The second-order valence-corrected chi connectivity index (χ2v) is 5.85. The summed E-state index contributed by atoms with van der Waals surface area (Å²) in [4.78, 5) is 32.7. The van der Waals surface area contributed by atoms with E-state index in [1.165, 1.54) is 12.4 Å². The number of carbonyl (C=O) groups is 2. The van der Waals surface area contributed by atoms with Crippen molar-refractivity contribution in [3.05, 3.63) is 71.9 Å². The molecule has 0 aliphatic heterocycles. The van der Waals surface area contributed by atoms with Crippen LogP contribution < -0.4 is 10.9 Å². The molecule has 3 aromatic heterocycles. The highest BCUT2D eigenvalue weighted by atomic mass is 16.2. The second-order valence-electron chi connectivity index (χ2n) is 5.85. The standard InChI is InChI=1S/C18H18N6O2/c1-12(2)16-14(11-21-24(16)15-7-3-4-9-20-15)18(26)23-22-17(25)13-6-5-8-19-10-13/h3-12H,1-2H3,(H,22,25)(H,23,26). The van der Waals surface area contributed by atoms with Gasteiger partial charge in [-0.05, 0) is 30.2 Å². The Kier molecular flexibility index (Phi) is 5.02. The van der Waals surface area contributed by atoms with Gasteiger partial charge >= 0.3 is 0 Å². The molecule has 0 aliphatic rings. The summed E-state index contributed by atoms with van der Waals surface area (Å²) < 4.78 is 1.63. The monoisotopic (exact) mass is 350 g/mol. The summed E-state index contributed by atoms with van der Waals surface area (Å²) in [5, 5.41) is 4.28. The first-order valence-electron chi connectivity index (χ1n) is 8.08. The van der Waals surface area contributed by atoms with Crippen molar-refractivity contribution < 1.29 is 9.59 Å². The Morgan fingerprint density at radius 2 is 1.81 bits per heavy atom. The maximum atomic E-state index is 12.5. The number of nitrogens with zero attached hydrogens (tertiary/aromatic N) is 4. The molecule has 3 rings (SSSR count). The molecule has 0 radical (unpaired) electrons. The van der Waals surface area contributed by atoms with Crippen LogP contribution in [0.1, 0.15) is 46.2 Å². The lowest BCUT2D eigenvalue weighted by Gasteiger charge is -2.12. The van der Waals surface area contributed by atoms with Crippen LogP contribution in [0.4, 0.5) is 0 Å². The number of amides is 2. The molecule has 0 saturated carbocycles. The van der Waals surface area contributed by atoms with E-state index < -0.39 is 11.8 Å². The van der Waals surface area contributed by atoms with Gasteiger partial charge in [-0.2, -0.15) is 5.10 Å². The highest BCUT2D eigenvalue weighted by molar-refractivity contribution is 5.99. The van der Waals surface area contributed by atoms with Crippen LogP contribution in [-0.4, -0.2) is 31.6 Å². The lowest BCUT2D eigenvalue weighted by Crippen LogP contribution is -2.42. The summed E-state index contributed by atoms with van der Waals surface area (Å²) >= 11 is 0. The van der Waals surface area contributed by atoms with Crippen molar-refractivity contribution in [1.82, 2.24) is 30.6 Å². The Balaban J connectivity index is 1.79. The Bertz CT molecular complexity index is 906.